The van der Waals surface area contributed by atoms with Gasteiger partial charge in [0.05, 0.1) is 23.8 Å². The van der Waals surface area contributed by atoms with Crippen LogP contribution in [0, 0.1) is 5.41 Å². The quantitative estimate of drug-likeness (QED) is 0.671. The molecule has 0 spiro atoms. The van der Waals surface area contributed by atoms with Gasteiger partial charge >= 0.3 is 0 Å². The summed E-state index contributed by atoms with van der Waals surface area (Å²) in [7, 11) is 1.90. The van der Waals surface area contributed by atoms with Crippen molar-refractivity contribution < 1.29 is 9.50 Å². The number of aromatic nitrogens is 4. The molecule has 7 nitrogen and oxygen atoms in total. The number of imidazole rings is 1. The van der Waals surface area contributed by atoms with Crippen LogP contribution in [-0.4, -0.2) is 56.2 Å². The van der Waals surface area contributed by atoms with Crippen LogP contribution in [0.4, 0.5) is 10.2 Å². The Bertz CT molecular complexity index is 1080. The molecule has 1 saturated carbocycles. The zero-order valence-corrected chi connectivity index (χ0v) is 18.0. The van der Waals surface area contributed by atoms with E-state index in [1.54, 1.807) is 18.6 Å². The van der Waals surface area contributed by atoms with Gasteiger partial charge in [-0.25, -0.2) is 9.37 Å². The Morgan fingerprint density at radius 3 is 2.65 bits per heavy atom. The van der Waals surface area contributed by atoms with Crippen molar-refractivity contribution in [3.63, 3.8) is 0 Å². The molecule has 1 aromatic carbocycles. The number of halogens is 1. The van der Waals surface area contributed by atoms with Gasteiger partial charge in [-0.15, -0.1) is 10.2 Å². The molecule has 1 aliphatic carbocycles. The maximum Gasteiger partial charge on any atom is 0.151 e. The third kappa shape index (κ3) is 3.17. The number of hydrogen-bond acceptors (Lipinski definition) is 6. The van der Waals surface area contributed by atoms with E-state index >= 15 is 4.39 Å². The SMILES string of the molecule is CN(c1ccc(-c2ccc(-n3ccnc3)cc2O)nn1)[C@@H]1[C@@H](F)[C@@]2(C)CC[C@]1(C)CN2. The van der Waals surface area contributed by atoms with Crippen LogP contribution in [-0.2, 0) is 0 Å². The topological polar surface area (TPSA) is 79.1 Å². The Kier molecular flexibility index (Phi) is 4.51. The Morgan fingerprint density at radius 1 is 1.19 bits per heavy atom. The molecule has 2 bridgehead atoms. The van der Waals surface area contributed by atoms with Crippen LogP contribution in [0.25, 0.3) is 16.9 Å². The first kappa shape index (κ1) is 19.9. The number of phenolic OH excluding ortho intramolecular Hbond substituents is 1. The molecule has 8 heteroatoms. The number of benzene rings is 1. The molecule has 2 N–H and O–H groups in total. The van der Waals surface area contributed by atoms with Crippen molar-refractivity contribution in [3.8, 4) is 22.7 Å². The summed E-state index contributed by atoms with van der Waals surface area (Å²) >= 11 is 0. The summed E-state index contributed by atoms with van der Waals surface area (Å²) < 4.78 is 17.3. The first-order chi connectivity index (χ1) is 14.8. The van der Waals surface area contributed by atoms with Crippen molar-refractivity contribution in [1.82, 2.24) is 25.1 Å². The van der Waals surface area contributed by atoms with E-state index in [-0.39, 0.29) is 17.2 Å². The molecular formula is C23H27FN6O. The molecule has 3 aliphatic rings. The van der Waals surface area contributed by atoms with E-state index in [0.717, 1.165) is 25.1 Å². The standard InChI is InChI=1S/C23H27FN6O/c1-22-8-9-23(2,26-13-22)20(24)21(22)29(3)19-7-6-17(27-28-19)16-5-4-15(12-18(16)31)30-11-10-25-14-30/h4-7,10-12,14,20-21,26,31H,8-9,13H2,1-3H3/t20-,21-,22-,23-/m1/s1. The van der Waals surface area contributed by atoms with E-state index < -0.39 is 11.7 Å². The predicted molar refractivity (Wildman–Crippen MR) is 117 cm³/mol. The first-order valence-corrected chi connectivity index (χ1v) is 10.6. The number of hydrogen-bond donors (Lipinski definition) is 2. The van der Waals surface area contributed by atoms with Gasteiger partial charge in [-0.3, -0.25) is 0 Å². The van der Waals surface area contributed by atoms with Crippen molar-refractivity contribution in [2.75, 3.05) is 18.5 Å². The van der Waals surface area contributed by atoms with Crippen LogP contribution in [0.1, 0.15) is 26.7 Å². The van der Waals surface area contributed by atoms with Crippen molar-refractivity contribution >= 4 is 5.82 Å². The minimum Gasteiger partial charge on any atom is -0.507 e. The maximum absolute atomic E-state index is 15.5. The van der Waals surface area contributed by atoms with Crippen LogP contribution in [0.15, 0.2) is 49.1 Å². The van der Waals surface area contributed by atoms with Crippen LogP contribution in [0.3, 0.4) is 0 Å². The molecule has 3 aromatic rings. The van der Waals surface area contributed by atoms with Crippen molar-refractivity contribution in [3.05, 3.63) is 49.1 Å². The van der Waals surface area contributed by atoms with Crippen LogP contribution in [0.5, 0.6) is 5.75 Å². The van der Waals surface area contributed by atoms with Gasteiger partial charge in [0.15, 0.2) is 5.82 Å². The summed E-state index contributed by atoms with van der Waals surface area (Å²) in [5, 5.41) is 22.6. The zero-order chi connectivity index (χ0) is 21.8. The molecule has 0 amide bonds. The average Bonchev–Trinajstić information content (AvgIpc) is 3.30. The fourth-order valence-electron chi connectivity index (χ4n) is 5.09. The number of phenols is 1. The monoisotopic (exact) mass is 422 g/mol. The fraction of sp³-hybridized carbons (Fsp3) is 0.435. The summed E-state index contributed by atoms with van der Waals surface area (Å²) in [4.78, 5) is 5.96. The van der Waals surface area contributed by atoms with Gasteiger partial charge in [-0.05, 0) is 44.0 Å². The number of nitrogens with zero attached hydrogens (tertiary/aromatic N) is 5. The van der Waals surface area contributed by atoms with E-state index in [4.69, 9.17) is 0 Å². The summed E-state index contributed by atoms with van der Waals surface area (Å²) in [6.45, 7) is 4.91. The Morgan fingerprint density at radius 2 is 2.03 bits per heavy atom. The molecule has 2 aromatic heterocycles. The lowest BCUT2D eigenvalue weighted by molar-refractivity contribution is -0.0411. The summed E-state index contributed by atoms with van der Waals surface area (Å²) in [5.74, 6) is 0.741. The second kappa shape index (κ2) is 7.02. The highest BCUT2D eigenvalue weighted by molar-refractivity contribution is 5.69. The Hall–Kier alpha value is -3.00. The van der Waals surface area contributed by atoms with Crippen molar-refractivity contribution in [1.29, 1.82) is 0 Å². The summed E-state index contributed by atoms with van der Waals surface area (Å²) in [6.07, 6.45) is 5.99. The van der Waals surface area contributed by atoms with Crippen LogP contribution < -0.4 is 10.2 Å². The van der Waals surface area contributed by atoms with Gasteiger partial charge in [0.1, 0.15) is 11.9 Å². The zero-order valence-electron chi connectivity index (χ0n) is 18.0. The molecule has 3 fully saturated rings. The Balaban J connectivity index is 1.40. The van der Waals surface area contributed by atoms with Gasteiger partial charge in [-0.1, -0.05) is 6.92 Å². The van der Waals surface area contributed by atoms with Gasteiger partial charge in [-0.2, -0.15) is 0 Å². The maximum atomic E-state index is 15.5. The van der Waals surface area contributed by atoms with E-state index in [2.05, 4.69) is 27.4 Å². The van der Waals surface area contributed by atoms with Crippen LogP contribution in [0.2, 0.25) is 0 Å². The lowest BCUT2D eigenvalue weighted by Gasteiger charge is -2.60. The van der Waals surface area contributed by atoms with Gasteiger partial charge in [0.2, 0.25) is 0 Å². The number of rotatable bonds is 4. The molecule has 4 atom stereocenters. The molecule has 4 heterocycles. The molecule has 0 radical (unpaired) electrons. The van der Waals surface area contributed by atoms with Gasteiger partial charge in [0, 0.05) is 48.6 Å². The van der Waals surface area contributed by atoms with Gasteiger partial charge < -0.3 is 19.9 Å². The average molecular weight is 423 g/mol. The minimum atomic E-state index is -0.994. The number of aromatic hydroxyl groups is 1. The molecule has 6 rings (SSSR count). The lowest BCUT2D eigenvalue weighted by atomic mass is 9.60. The molecule has 2 saturated heterocycles. The van der Waals surface area contributed by atoms with E-state index in [0.29, 0.717) is 17.1 Å². The number of piperidine rings is 2. The third-order valence-electron chi connectivity index (χ3n) is 7.20. The highest BCUT2D eigenvalue weighted by atomic mass is 19.1. The molecule has 162 valence electrons. The molecule has 31 heavy (non-hydrogen) atoms. The second-order valence-corrected chi connectivity index (χ2v) is 9.33. The number of nitrogens with one attached hydrogen (secondary N) is 1. The smallest absolute Gasteiger partial charge is 0.151 e. The van der Waals surface area contributed by atoms with Gasteiger partial charge in [0.25, 0.3) is 0 Å². The van der Waals surface area contributed by atoms with Crippen molar-refractivity contribution in [2.24, 2.45) is 5.41 Å². The van der Waals surface area contributed by atoms with Crippen molar-refractivity contribution in [2.45, 2.75) is 44.4 Å². The fourth-order valence-corrected chi connectivity index (χ4v) is 5.09. The highest BCUT2D eigenvalue weighted by Gasteiger charge is 2.58. The first-order valence-electron chi connectivity index (χ1n) is 10.6. The number of fused-ring (bicyclic) bond motifs is 3. The van der Waals surface area contributed by atoms with E-state index in [9.17, 15) is 5.11 Å². The highest BCUT2D eigenvalue weighted by Crippen LogP contribution is 2.49. The molecule has 2 aliphatic heterocycles. The van der Waals surface area contributed by atoms with E-state index in [1.165, 1.54) is 0 Å². The largest absolute Gasteiger partial charge is 0.507 e. The Labute approximate surface area is 180 Å². The molecular weight excluding hydrogens is 395 g/mol. The summed E-state index contributed by atoms with van der Waals surface area (Å²) in [6, 6.07) is 8.76. The minimum absolute atomic E-state index is 0.113. The van der Waals surface area contributed by atoms with E-state index in [1.807, 2.05) is 53.9 Å². The summed E-state index contributed by atoms with van der Waals surface area (Å²) in [5.41, 5.74) is 1.31. The molecule has 0 unspecified atom stereocenters. The normalized spacial score (nSPS) is 29.8. The second-order valence-electron chi connectivity index (χ2n) is 9.33. The third-order valence-corrected chi connectivity index (χ3v) is 7.20. The number of alkyl halides is 1. The number of anilines is 1. The predicted octanol–water partition coefficient (Wildman–Crippen LogP) is 3.34. The van der Waals surface area contributed by atoms with Crippen LogP contribution >= 0.6 is 0 Å². The lowest BCUT2D eigenvalue weighted by Crippen LogP contribution is -2.74.